The molecule has 0 N–H and O–H groups in total. The summed E-state index contributed by atoms with van der Waals surface area (Å²) in [5, 5.41) is 0. The average Bonchev–Trinajstić information content (AvgIpc) is 3.41. The molecule has 1 saturated heterocycles. The third-order valence-electron chi connectivity index (χ3n) is 6.54. The molecule has 1 spiro atoms. The second-order valence-corrected chi connectivity index (χ2v) is 8.61. The number of anilines is 1. The molecule has 154 valence electrons. The molecule has 2 heterocycles. The predicted molar refractivity (Wildman–Crippen MR) is 115 cm³/mol. The smallest absolute Gasteiger partial charge is 0.188 e. The third-order valence-corrected chi connectivity index (χ3v) is 6.54. The minimum Gasteiger partial charge on any atom is -0.452 e. The highest BCUT2D eigenvalue weighted by atomic mass is 19.1. The van der Waals surface area contributed by atoms with Gasteiger partial charge in [-0.05, 0) is 48.4 Å². The molecular weight excluding hydrogens is 377 g/mol. The largest absolute Gasteiger partial charge is 0.452 e. The standard InChI is InChI=1S/C25H26FN3O/c26-21-8-9-22(20(15-21)14-19-6-2-1-3-7-19)30-23-16-27-18-28-24(23)29-13-12-25(17-29)10-4-5-11-25/h1-3,6-9,15-16,18H,4-5,10-14,17H2. The van der Waals surface area contributed by atoms with Gasteiger partial charge in [-0.25, -0.2) is 14.4 Å². The Morgan fingerprint density at radius 2 is 1.83 bits per heavy atom. The van der Waals surface area contributed by atoms with Crippen LogP contribution in [0.15, 0.2) is 61.1 Å². The Bertz CT molecular complexity index is 1020. The average molecular weight is 404 g/mol. The molecule has 2 aliphatic rings. The van der Waals surface area contributed by atoms with Crippen molar-refractivity contribution in [1.82, 2.24) is 9.97 Å². The molecule has 0 unspecified atom stereocenters. The SMILES string of the molecule is Fc1ccc(Oc2cncnc2N2CCC3(CCCC3)C2)c(Cc2ccccc2)c1. The lowest BCUT2D eigenvalue weighted by atomic mass is 9.86. The maximum absolute atomic E-state index is 14.0. The van der Waals surface area contributed by atoms with E-state index in [-0.39, 0.29) is 5.82 Å². The van der Waals surface area contributed by atoms with Crippen LogP contribution in [-0.2, 0) is 6.42 Å². The van der Waals surface area contributed by atoms with Crippen molar-refractivity contribution >= 4 is 5.82 Å². The molecule has 0 radical (unpaired) electrons. The van der Waals surface area contributed by atoms with Gasteiger partial charge in [-0.2, -0.15) is 0 Å². The quantitative estimate of drug-likeness (QED) is 0.542. The van der Waals surface area contributed by atoms with Crippen molar-refractivity contribution in [1.29, 1.82) is 0 Å². The number of aromatic nitrogens is 2. The van der Waals surface area contributed by atoms with Crippen LogP contribution in [0.5, 0.6) is 11.5 Å². The number of hydrogen-bond donors (Lipinski definition) is 0. The zero-order chi connectivity index (χ0) is 20.4. The van der Waals surface area contributed by atoms with E-state index in [1.807, 2.05) is 30.3 Å². The zero-order valence-electron chi connectivity index (χ0n) is 17.1. The summed E-state index contributed by atoms with van der Waals surface area (Å²) < 4.78 is 20.3. The first kappa shape index (κ1) is 19.0. The van der Waals surface area contributed by atoms with Crippen molar-refractivity contribution in [2.24, 2.45) is 5.41 Å². The van der Waals surface area contributed by atoms with Gasteiger partial charge in [0.15, 0.2) is 11.6 Å². The van der Waals surface area contributed by atoms with E-state index < -0.39 is 0 Å². The summed E-state index contributed by atoms with van der Waals surface area (Å²) >= 11 is 0. The number of benzene rings is 2. The summed E-state index contributed by atoms with van der Waals surface area (Å²) in [7, 11) is 0. The van der Waals surface area contributed by atoms with Crippen molar-refractivity contribution in [3.05, 3.63) is 78.0 Å². The molecule has 1 aliphatic heterocycles. The van der Waals surface area contributed by atoms with Crippen LogP contribution in [0.4, 0.5) is 10.2 Å². The van der Waals surface area contributed by atoms with Crippen molar-refractivity contribution in [3.8, 4) is 11.5 Å². The van der Waals surface area contributed by atoms with E-state index in [1.165, 1.54) is 38.2 Å². The van der Waals surface area contributed by atoms with Gasteiger partial charge in [0.2, 0.25) is 0 Å². The van der Waals surface area contributed by atoms with E-state index >= 15 is 0 Å². The summed E-state index contributed by atoms with van der Waals surface area (Å²) in [6.45, 7) is 2.02. The van der Waals surface area contributed by atoms with Crippen molar-refractivity contribution < 1.29 is 9.13 Å². The molecule has 5 heteroatoms. The monoisotopic (exact) mass is 403 g/mol. The highest BCUT2D eigenvalue weighted by molar-refractivity contribution is 5.54. The number of halogens is 1. The minimum absolute atomic E-state index is 0.263. The molecule has 2 aromatic carbocycles. The lowest BCUT2D eigenvalue weighted by molar-refractivity contribution is 0.340. The van der Waals surface area contributed by atoms with Crippen LogP contribution in [0.1, 0.15) is 43.2 Å². The fourth-order valence-electron chi connectivity index (χ4n) is 4.99. The van der Waals surface area contributed by atoms with E-state index in [4.69, 9.17) is 4.74 Å². The van der Waals surface area contributed by atoms with Crippen molar-refractivity contribution in [2.45, 2.75) is 38.5 Å². The Morgan fingerprint density at radius 1 is 1.00 bits per heavy atom. The van der Waals surface area contributed by atoms with Gasteiger partial charge in [0, 0.05) is 25.1 Å². The number of nitrogens with zero attached hydrogens (tertiary/aromatic N) is 3. The highest BCUT2D eigenvalue weighted by Gasteiger charge is 2.41. The van der Waals surface area contributed by atoms with Crippen LogP contribution >= 0.6 is 0 Å². The van der Waals surface area contributed by atoms with Crippen molar-refractivity contribution in [3.63, 3.8) is 0 Å². The first-order valence-electron chi connectivity index (χ1n) is 10.8. The lowest BCUT2D eigenvalue weighted by Crippen LogP contribution is -2.26. The summed E-state index contributed by atoms with van der Waals surface area (Å²) in [5.74, 6) is 1.85. The van der Waals surface area contributed by atoms with E-state index in [2.05, 4.69) is 14.9 Å². The second kappa shape index (κ2) is 8.05. The molecule has 30 heavy (non-hydrogen) atoms. The fraction of sp³-hybridized carbons (Fsp3) is 0.360. The zero-order valence-corrected chi connectivity index (χ0v) is 17.1. The Kier molecular flexibility index (Phi) is 5.11. The van der Waals surface area contributed by atoms with Gasteiger partial charge >= 0.3 is 0 Å². The van der Waals surface area contributed by atoms with Gasteiger partial charge < -0.3 is 9.64 Å². The topological polar surface area (TPSA) is 38.3 Å². The molecule has 3 aromatic rings. The van der Waals surface area contributed by atoms with Gasteiger partial charge in [0.05, 0.1) is 6.20 Å². The maximum atomic E-state index is 14.0. The Labute approximate surface area is 176 Å². The molecular formula is C25H26FN3O. The van der Waals surface area contributed by atoms with Crippen LogP contribution in [0, 0.1) is 11.2 Å². The summed E-state index contributed by atoms with van der Waals surface area (Å²) in [6, 6.07) is 14.7. The molecule has 5 rings (SSSR count). The van der Waals surface area contributed by atoms with E-state index in [0.717, 1.165) is 30.0 Å². The van der Waals surface area contributed by atoms with Gasteiger partial charge in [-0.3, -0.25) is 0 Å². The molecule has 1 aromatic heterocycles. The van der Waals surface area contributed by atoms with Gasteiger partial charge in [-0.1, -0.05) is 43.2 Å². The summed E-state index contributed by atoms with van der Waals surface area (Å²) in [5.41, 5.74) is 2.36. The number of hydrogen-bond acceptors (Lipinski definition) is 4. The number of ether oxygens (including phenoxy) is 1. The van der Waals surface area contributed by atoms with E-state index in [1.54, 1.807) is 24.7 Å². The van der Waals surface area contributed by atoms with Crippen LogP contribution < -0.4 is 9.64 Å². The molecule has 0 amide bonds. The predicted octanol–water partition coefficient (Wildman–Crippen LogP) is 5.77. The van der Waals surface area contributed by atoms with Crippen molar-refractivity contribution in [2.75, 3.05) is 18.0 Å². The molecule has 0 atom stereocenters. The molecule has 1 aliphatic carbocycles. The molecule has 2 fully saturated rings. The number of rotatable bonds is 5. The third kappa shape index (κ3) is 3.89. The van der Waals surface area contributed by atoms with E-state index in [9.17, 15) is 4.39 Å². The molecule has 4 nitrogen and oxygen atoms in total. The normalized spacial score (nSPS) is 17.6. The Balaban J connectivity index is 1.42. The Morgan fingerprint density at radius 3 is 2.67 bits per heavy atom. The lowest BCUT2D eigenvalue weighted by Gasteiger charge is -2.25. The first-order chi connectivity index (χ1) is 14.7. The molecule has 1 saturated carbocycles. The highest BCUT2D eigenvalue weighted by Crippen LogP contribution is 2.47. The fourth-order valence-corrected chi connectivity index (χ4v) is 4.99. The summed E-state index contributed by atoms with van der Waals surface area (Å²) in [4.78, 5) is 11.1. The van der Waals surface area contributed by atoms with Crippen LogP contribution in [-0.4, -0.2) is 23.1 Å². The minimum atomic E-state index is -0.263. The van der Waals surface area contributed by atoms with Gasteiger partial charge in [0.1, 0.15) is 17.9 Å². The maximum Gasteiger partial charge on any atom is 0.188 e. The Hall–Kier alpha value is -2.95. The summed E-state index contributed by atoms with van der Waals surface area (Å²) in [6.07, 6.45) is 10.4. The van der Waals surface area contributed by atoms with E-state index in [0.29, 0.717) is 23.3 Å². The van der Waals surface area contributed by atoms with Crippen LogP contribution in [0.25, 0.3) is 0 Å². The second-order valence-electron chi connectivity index (χ2n) is 8.61. The van der Waals surface area contributed by atoms with Crippen LogP contribution in [0.2, 0.25) is 0 Å². The van der Waals surface area contributed by atoms with Crippen LogP contribution in [0.3, 0.4) is 0 Å². The first-order valence-corrected chi connectivity index (χ1v) is 10.8. The molecule has 0 bridgehead atoms. The van der Waals surface area contributed by atoms with Gasteiger partial charge in [-0.15, -0.1) is 0 Å². The van der Waals surface area contributed by atoms with Gasteiger partial charge in [0.25, 0.3) is 0 Å².